The molecule has 0 aromatic carbocycles. The molecule has 0 spiro atoms. The molecule has 1 N–H and O–H groups in total. The zero-order valence-electron chi connectivity index (χ0n) is 9.23. The van der Waals surface area contributed by atoms with Crippen LogP contribution in [-0.2, 0) is 0 Å². The number of aromatic nitrogens is 1. The molecule has 15 heavy (non-hydrogen) atoms. The fraction of sp³-hybridized carbons (Fsp3) is 0.600. The Labute approximate surface area is 93.6 Å². The summed E-state index contributed by atoms with van der Waals surface area (Å²) in [5.41, 5.74) is 0. The van der Waals surface area contributed by atoms with Crippen LogP contribution in [0.15, 0.2) is 6.20 Å². The number of thiazole rings is 1. The van der Waals surface area contributed by atoms with Crippen molar-refractivity contribution < 1.29 is 9.90 Å². The first kappa shape index (κ1) is 12.0. The fourth-order valence-corrected chi connectivity index (χ4v) is 1.94. The van der Waals surface area contributed by atoms with Gasteiger partial charge in [0.1, 0.15) is 4.88 Å². The van der Waals surface area contributed by atoms with Crippen LogP contribution in [0.4, 0.5) is 5.13 Å². The van der Waals surface area contributed by atoms with E-state index in [1.807, 2.05) is 11.9 Å². The summed E-state index contributed by atoms with van der Waals surface area (Å²) in [6.45, 7) is 5.22. The molecule has 0 aliphatic heterocycles. The normalized spacial score (nSPS) is 12.5. The minimum absolute atomic E-state index is 0.293. The minimum Gasteiger partial charge on any atom is -0.477 e. The van der Waals surface area contributed by atoms with Gasteiger partial charge in [-0.3, -0.25) is 0 Å². The standard InChI is InChI=1S/C10H16N2O2S/c1-4-7(2)6-12(3)10-11-5-8(15-10)9(13)14/h5,7H,4,6H2,1-3H3,(H,13,14). The molecule has 0 aliphatic carbocycles. The number of hydrogen-bond acceptors (Lipinski definition) is 4. The van der Waals surface area contributed by atoms with Gasteiger partial charge in [-0.1, -0.05) is 31.6 Å². The summed E-state index contributed by atoms with van der Waals surface area (Å²) in [6, 6.07) is 0. The number of aromatic carboxylic acids is 1. The van der Waals surface area contributed by atoms with Crippen molar-refractivity contribution in [3.63, 3.8) is 0 Å². The Kier molecular flexibility index (Phi) is 4.08. The van der Waals surface area contributed by atoms with Crippen LogP contribution in [0.2, 0.25) is 0 Å². The van der Waals surface area contributed by atoms with Gasteiger partial charge >= 0.3 is 5.97 Å². The van der Waals surface area contributed by atoms with Gasteiger partial charge in [-0.2, -0.15) is 0 Å². The highest BCUT2D eigenvalue weighted by atomic mass is 32.1. The van der Waals surface area contributed by atoms with E-state index in [2.05, 4.69) is 18.8 Å². The molecule has 0 amide bonds. The van der Waals surface area contributed by atoms with E-state index in [1.54, 1.807) is 0 Å². The number of carboxylic acids is 1. The predicted molar refractivity (Wildman–Crippen MR) is 61.8 cm³/mol. The molecule has 0 fully saturated rings. The van der Waals surface area contributed by atoms with Crippen LogP contribution in [0, 0.1) is 5.92 Å². The monoisotopic (exact) mass is 228 g/mol. The Bertz CT molecular complexity index is 338. The summed E-state index contributed by atoms with van der Waals surface area (Å²) in [5, 5.41) is 9.53. The zero-order chi connectivity index (χ0) is 11.4. The Balaban J connectivity index is 2.65. The highest BCUT2D eigenvalue weighted by Gasteiger charge is 2.12. The van der Waals surface area contributed by atoms with Gasteiger partial charge in [-0.05, 0) is 5.92 Å². The molecule has 1 rings (SSSR count). The maximum absolute atomic E-state index is 10.7. The summed E-state index contributed by atoms with van der Waals surface area (Å²) in [6.07, 6.45) is 2.52. The summed E-state index contributed by atoms with van der Waals surface area (Å²) in [7, 11) is 1.94. The van der Waals surface area contributed by atoms with Crippen molar-refractivity contribution in [2.24, 2.45) is 5.92 Å². The third kappa shape index (κ3) is 3.20. The average Bonchev–Trinajstić information content (AvgIpc) is 2.66. The first-order chi connectivity index (χ1) is 7.04. The predicted octanol–water partition coefficient (Wildman–Crippen LogP) is 2.32. The van der Waals surface area contributed by atoms with Crippen molar-refractivity contribution in [1.82, 2.24) is 4.98 Å². The highest BCUT2D eigenvalue weighted by molar-refractivity contribution is 7.17. The molecular weight excluding hydrogens is 212 g/mol. The van der Waals surface area contributed by atoms with Gasteiger partial charge in [0, 0.05) is 13.6 Å². The maximum atomic E-state index is 10.7. The number of anilines is 1. The van der Waals surface area contributed by atoms with Gasteiger partial charge in [0.15, 0.2) is 5.13 Å². The SMILES string of the molecule is CCC(C)CN(C)c1ncc(C(=O)O)s1. The van der Waals surface area contributed by atoms with Crippen LogP contribution in [0.3, 0.4) is 0 Å². The second-order valence-electron chi connectivity index (χ2n) is 3.71. The molecule has 4 nitrogen and oxygen atoms in total. The molecule has 1 aromatic rings. The van der Waals surface area contributed by atoms with Crippen LogP contribution in [0.1, 0.15) is 29.9 Å². The molecule has 84 valence electrons. The Morgan fingerprint density at radius 2 is 2.40 bits per heavy atom. The smallest absolute Gasteiger partial charge is 0.347 e. The van der Waals surface area contributed by atoms with Crippen molar-refractivity contribution in [3.05, 3.63) is 11.1 Å². The zero-order valence-corrected chi connectivity index (χ0v) is 10.0. The topological polar surface area (TPSA) is 53.4 Å². The number of carboxylic acid groups (broad SMARTS) is 1. The van der Waals surface area contributed by atoms with E-state index in [4.69, 9.17) is 5.11 Å². The summed E-state index contributed by atoms with van der Waals surface area (Å²) in [5.74, 6) is -0.317. The lowest BCUT2D eigenvalue weighted by Crippen LogP contribution is -2.23. The van der Waals surface area contributed by atoms with Gasteiger partial charge < -0.3 is 10.0 Å². The number of hydrogen-bond donors (Lipinski definition) is 1. The second kappa shape index (κ2) is 5.11. The van der Waals surface area contributed by atoms with Crippen LogP contribution >= 0.6 is 11.3 Å². The van der Waals surface area contributed by atoms with E-state index in [0.29, 0.717) is 10.8 Å². The minimum atomic E-state index is -0.907. The van der Waals surface area contributed by atoms with Gasteiger partial charge in [-0.25, -0.2) is 9.78 Å². The molecule has 1 unspecified atom stereocenters. The number of nitrogens with zero attached hydrogens (tertiary/aromatic N) is 2. The lowest BCUT2D eigenvalue weighted by Gasteiger charge is -2.19. The van der Waals surface area contributed by atoms with Gasteiger partial charge in [0.2, 0.25) is 0 Å². The molecule has 1 heterocycles. The molecule has 0 aliphatic rings. The van der Waals surface area contributed by atoms with Crippen molar-refractivity contribution in [2.45, 2.75) is 20.3 Å². The first-order valence-electron chi connectivity index (χ1n) is 4.94. The molecule has 1 aromatic heterocycles. The van der Waals surface area contributed by atoms with Crippen molar-refractivity contribution >= 4 is 22.4 Å². The van der Waals surface area contributed by atoms with Gasteiger partial charge in [0.05, 0.1) is 6.20 Å². The van der Waals surface area contributed by atoms with Crippen molar-refractivity contribution in [1.29, 1.82) is 0 Å². The number of carbonyl (C=O) groups is 1. The third-order valence-electron chi connectivity index (χ3n) is 2.31. The Hall–Kier alpha value is -1.10. The lowest BCUT2D eigenvalue weighted by atomic mass is 10.1. The first-order valence-corrected chi connectivity index (χ1v) is 5.76. The second-order valence-corrected chi connectivity index (χ2v) is 4.72. The van der Waals surface area contributed by atoms with E-state index < -0.39 is 5.97 Å². The lowest BCUT2D eigenvalue weighted by molar-refractivity contribution is 0.0702. The van der Waals surface area contributed by atoms with E-state index in [-0.39, 0.29) is 0 Å². The molecule has 5 heteroatoms. The molecule has 0 saturated carbocycles. The van der Waals surface area contributed by atoms with E-state index in [0.717, 1.165) is 18.1 Å². The summed E-state index contributed by atoms with van der Waals surface area (Å²) < 4.78 is 0. The summed E-state index contributed by atoms with van der Waals surface area (Å²) in [4.78, 5) is 17.1. The maximum Gasteiger partial charge on any atom is 0.347 e. The van der Waals surface area contributed by atoms with E-state index >= 15 is 0 Å². The van der Waals surface area contributed by atoms with Gasteiger partial charge in [-0.15, -0.1) is 0 Å². The van der Waals surface area contributed by atoms with Crippen LogP contribution in [0.25, 0.3) is 0 Å². The molecule has 0 saturated heterocycles. The fourth-order valence-electron chi connectivity index (χ4n) is 1.21. The summed E-state index contributed by atoms with van der Waals surface area (Å²) >= 11 is 1.22. The molecular formula is C10H16N2O2S. The quantitative estimate of drug-likeness (QED) is 0.840. The molecule has 0 radical (unpaired) electrons. The van der Waals surface area contributed by atoms with E-state index in [1.165, 1.54) is 17.5 Å². The van der Waals surface area contributed by atoms with Crippen LogP contribution in [-0.4, -0.2) is 29.7 Å². The van der Waals surface area contributed by atoms with Crippen LogP contribution < -0.4 is 4.90 Å². The Morgan fingerprint density at radius 3 is 2.87 bits per heavy atom. The average molecular weight is 228 g/mol. The van der Waals surface area contributed by atoms with E-state index in [9.17, 15) is 4.79 Å². The highest BCUT2D eigenvalue weighted by Crippen LogP contribution is 2.22. The number of rotatable bonds is 5. The largest absolute Gasteiger partial charge is 0.477 e. The molecule has 0 bridgehead atoms. The van der Waals surface area contributed by atoms with Gasteiger partial charge in [0.25, 0.3) is 0 Å². The Morgan fingerprint density at radius 1 is 1.73 bits per heavy atom. The molecule has 1 atom stereocenters. The van der Waals surface area contributed by atoms with Crippen molar-refractivity contribution in [2.75, 3.05) is 18.5 Å². The third-order valence-corrected chi connectivity index (χ3v) is 3.41. The van der Waals surface area contributed by atoms with Crippen molar-refractivity contribution in [3.8, 4) is 0 Å². The van der Waals surface area contributed by atoms with Crippen LogP contribution in [0.5, 0.6) is 0 Å².